The molecule has 1 unspecified atom stereocenters. The molecule has 0 aromatic carbocycles. The fourth-order valence-corrected chi connectivity index (χ4v) is 1.71. The Balaban J connectivity index is 2.24. The summed E-state index contributed by atoms with van der Waals surface area (Å²) in [6, 6.07) is 0.297. The Kier molecular flexibility index (Phi) is 5.42. The summed E-state index contributed by atoms with van der Waals surface area (Å²) in [5.74, 6) is -0.545. The zero-order valence-electron chi connectivity index (χ0n) is 9.90. The minimum absolute atomic E-state index is 0.104. The number of ketones is 1. The second-order valence-corrected chi connectivity index (χ2v) is 3.95. The highest BCUT2D eigenvalue weighted by Gasteiger charge is 2.22. The fraction of sp³-hybridized carbons (Fsp3) is 0.818. The molecule has 0 aromatic heterocycles. The lowest BCUT2D eigenvalue weighted by Crippen LogP contribution is -2.36. The molecule has 1 aliphatic heterocycles. The Morgan fingerprint density at radius 2 is 2.25 bits per heavy atom. The lowest BCUT2D eigenvalue weighted by molar-refractivity contribution is -0.145. The number of carbonyl (C=O) groups excluding carboxylic acids is 2. The van der Waals surface area contributed by atoms with Crippen LogP contribution in [-0.4, -0.2) is 56.1 Å². The van der Waals surface area contributed by atoms with Crippen LogP contribution in [0, 0.1) is 0 Å². The van der Waals surface area contributed by atoms with Gasteiger partial charge in [-0.05, 0) is 20.4 Å². The molecule has 1 heterocycles. The molecule has 1 rings (SSSR count). The van der Waals surface area contributed by atoms with Crippen LogP contribution in [0.4, 0.5) is 0 Å². The van der Waals surface area contributed by atoms with Crippen LogP contribution in [0.15, 0.2) is 0 Å². The number of Topliss-reactive ketones (excluding diaryl/α,β-unsaturated/α-hetero) is 1. The molecular weight excluding hydrogens is 210 g/mol. The van der Waals surface area contributed by atoms with E-state index in [0.717, 1.165) is 13.0 Å². The molecule has 0 N–H and O–H groups in total. The van der Waals surface area contributed by atoms with Crippen molar-refractivity contribution in [2.75, 3.05) is 33.4 Å². The summed E-state index contributed by atoms with van der Waals surface area (Å²) in [6.45, 7) is 3.75. The Morgan fingerprint density at radius 1 is 1.50 bits per heavy atom. The number of ether oxygens (including phenoxy) is 2. The van der Waals surface area contributed by atoms with E-state index in [1.54, 1.807) is 6.92 Å². The normalized spacial score (nSPS) is 20.1. The van der Waals surface area contributed by atoms with Crippen molar-refractivity contribution < 1.29 is 19.1 Å². The number of hydrogen-bond acceptors (Lipinski definition) is 5. The predicted molar refractivity (Wildman–Crippen MR) is 58.1 cm³/mol. The third-order valence-corrected chi connectivity index (χ3v) is 2.60. The van der Waals surface area contributed by atoms with Gasteiger partial charge in [0.05, 0.1) is 19.8 Å². The summed E-state index contributed by atoms with van der Waals surface area (Å²) in [4.78, 5) is 24.5. The Hall–Kier alpha value is -0.940. The lowest BCUT2D eigenvalue weighted by atomic mass is 10.2. The number of likely N-dealkylation sites (N-methyl/N-ethyl adjacent to an activating group) is 1. The van der Waals surface area contributed by atoms with Gasteiger partial charge < -0.3 is 9.47 Å². The molecule has 16 heavy (non-hydrogen) atoms. The molecule has 1 saturated heterocycles. The van der Waals surface area contributed by atoms with E-state index < -0.39 is 5.97 Å². The zero-order chi connectivity index (χ0) is 12.0. The molecule has 1 atom stereocenters. The smallest absolute Gasteiger partial charge is 0.313 e. The Bertz CT molecular complexity index is 248. The first-order valence-corrected chi connectivity index (χ1v) is 5.58. The van der Waals surface area contributed by atoms with Gasteiger partial charge in [-0.15, -0.1) is 0 Å². The van der Waals surface area contributed by atoms with Crippen molar-refractivity contribution in [2.45, 2.75) is 25.8 Å². The SMILES string of the molecule is CCOC(=O)CC(=O)CN(C)C1CCOC1. The van der Waals surface area contributed by atoms with Crippen molar-refractivity contribution in [3.8, 4) is 0 Å². The molecule has 0 aromatic rings. The van der Waals surface area contributed by atoms with Gasteiger partial charge in [-0.25, -0.2) is 0 Å². The van der Waals surface area contributed by atoms with Crippen LogP contribution in [-0.2, 0) is 19.1 Å². The predicted octanol–water partition coefficient (Wildman–Crippen LogP) is 0.229. The van der Waals surface area contributed by atoms with Crippen LogP contribution in [0.3, 0.4) is 0 Å². The number of rotatable bonds is 6. The minimum Gasteiger partial charge on any atom is -0.466 e. The van der Waals surface area contributed by atoms with E-state index >= 15 is 0 Å². The van der Waals surface area contributed by atoms with Crippen LogP contribution in [0.2, 0.25) is 0 Å². The van der Waals surface area contributed by atoms with E-state index in [-0.39, 0.29) is 18.7 Å². The third-order valence-electron chi connectivity index (χ3n) is 2.60. The summed E-state index contributed by atoms with van der Waals surface area (Å²) < 4.78 is 9.95. The lowest BCUT2D eigenvalue weighted by Gasteiger charge is -2.21. The molecule has 0 spiro atoms. The minimum atomic E-state index is -0.441. The first-order chi connectivity index (χ1) is 7.63. The second-order valence-electron chi connectivity index (χ2n) is 3.95. The highest BCUT2D eigenvalue weighted by atomic mass is 16.5. The maximum Gasteiger partial charge on any atom is 0.313 e. The summed E-state index contributed by atoms with van der Waals surface area (Å²) in [6.07, 6.45) is 0.814. The standard InChI is InChI=1S/C11H19NO4/c1-3-16-11(14)6-10(13)7-12(2)9-4-5-15-8-9/h9H,3-8H2,1-2H3. The molecule has 92 valence electrons. The van der Waals surface area contributed by atoms with E-state index in [1.807, 2.05) is 11.9 Å². The second kappa shape index (κ2) is 6.60. The van der Waals surface area contributed by atoms with Crippen molar-refractivity contribution in [1.29, 1.82) is 0 Å². The van der Waals surface area contributed by atoms with Gasteiger partial charge in [-0.1, -0.05) is 0 Å². The van der Waals surface area contributed by atoms with Crippen LogP contribution < -0.4 is 0 Å². The zero-order valence-corrected chi connectivity index (χ0v) is 9.90. The van der Waals surface area contributed by atoms with Gasteiger partial charge in [0.1, 0.15) is 6.42 Å². The molecule has 0 saturated carbocycles. The van der Waals surface area contributed by atoms with E-state index in [0.29, 0.717) is 19.3 Å². The Labute approximate surface area is 95.7 Å². The van der Waals surface area contributed by atoms with Gasteiger partial charge in [0, 0.05) is 12.6 Å². The Morgan fingerprint density at radius 3 is 2.81 bits per heavy atom. The highest BCUT2D eigenvalue weighted by Crippen LogP contribution is 2.10. The fourth-order valence-electron chi connectivity index (χ4n) is 1.71. The summed E-state index contributed by atoms with van der Waals surface area (Å²) in [7, 11) is 1.88. The summed E-state index contributed by atoms with van der Waals surface area (Å²) >= 11 is 0. The monoisotopic (exact) mass is 229 g/mol. The van der Waals surface area contributed by atoms with Gasteiger partial charge in [-0.3, -0.25) is 14.5 Å². The van der Waals surface area contributed by atoms with Crippen LogP contribution >= 0.6 is 0 Å². The molecule has 0 aliphatic carbocycles. The summed E-state index contributed by atoms with van der Waals surface area (Å²) in [5.41, 5.74) is 0. The topological polar surface area (TPSA) is 55.8 Å². The van der Waals surface area contributed by atoms with Crippen molar-refractivity contribution in [2.24, 2.45) is 0 Å². The van der Waals surface area contributed by atoms with Crippen molar-refractivity contribution in [3.05, 3.63) is 0 Å². The first-order valence-electron chi connectivity index (χ1n) is 5.58. The van der Waals surface area contributed by atoms with E-state index in [9.17, 15) is 9.59 Å². The van der Waals surface area contributed by atoms with E-state index in [2.05, 4.69) is 0 Å². The molecule has 1 aliphatic rings. The number of hydrogen-bond donors (Lipinski definition) is 0. The van der Waals surface area contributed by atoms with Gasteiger partial charge in [0.2, 0.25) is 0 Å². The van der Waals surface area contributed by atoms with E-state index in [4.69, 9.17) is 9.47 Å². The first kappa shape index (κ1) is 13.1. The third kappa shape index (κ3) is 4.28. The van der Waals surface area contributed by atoms with Gasteiger partial charge in [-0.2, -0.15) is 0 Å². The van der Waals surface area contributed by atoms with Gasteiger partial charge in [0.15, 0.2) is 5.78 Å². The molecule has 0 radical (unpaired) electrons. The number of carbonyl (C=O) groups is 2. The average molecular weight is 229 g/mol. The van der Waals surface area contributed by atoms with Gasteiger partial charge >= 0.3 is 5.97 Å². The van der Waals surface area contributed by atoms with Crippen LogP contribution in [0.25, 0.3) is 0 Å². The summed E-state index contributed by atoms with van der Waals surface area (Å²) in [5, 5.41) is 0. The molecule has 1 fully saturated rings. The molecule has 0 bridgehead atoms. The molecule has 5 heteroatoms. The molecule has 0 amide bonds. The largest absolute Gasteiger partial charge is 0.466 e. The maximum atomic E-state index is 11.5. The van der Waals surface area contributed by atoms with Crippen molar-refractivity contribution in [3.63, 3.8) is 0 Å². The van der Waals surface area contributed by atoms with E-state index in [1.165, 1.54) is 0 Å². The van der Waals surface area contributed by atoms with Crippen molar-refractivity contribution >= 4 is 11.8 Å². The highest BCUT2D eigenvalue weighted by molar-refractivity contribution is 5.96. The quantitative estimate of drug-likeness (QED) is 0.482. The maximum absolute atomic E-state index is 11.5. The van der Waals surface area contributed by atoms with Crippen LogP contribution in [0.1, 0.15) is 19.8 Å². The van der Waals surface area contributed by atoms with Crippen LogP contribution in [0.5, 0.6) is 0 Å². The average Bonchev–Trinajstić information content (AvgIpc) is 2.69. The number of nitrogens with zero attached hydrogens (tertiary/aromatic N) is 1. The van der Waals surface area contributed by atoms with Crippen molar-refractivity contribution in [1.82, 2.24) is 4.90 Å². The molecular formula is C11H19NO4. The number of esters is 1. The molecule has 5 nitrogen and oxygen atoms in total. The van der Waals surface area contributed by atoms with Gasteiger partial charge in [0.25, 0.3) is 0 Å².